The van der Waals surface area contributed by atoms with E-state index in [2.05, 4.69) is 25.5 Å². The SMILES string of the molecule is N#C/N=C(/Nc1cccc2ncccc12)N1CCN(C(=O)Nc2ccc(Cl)cc2)CC1C1CC1. The highest BCUT2D eigenvalue weighted by atomic mass is 35.5. The Hall–Kier alpha value is -3.83. The molecule has 2 aromatic carbocycles. The molecule has 1 aromatic heterocycles. The van der Waals surface area contributed by atoms with Crippen LogP contribution in [0, 0.1) is 17.4 Å². The van der Waals surface area contributed by atoms with Crippen molar-refractivity contribution in [3.8, 4) is 6.19 Å². The standard InChI is InChI=1S/C25H24ClN7O/c26-18-8-10-19(11-9-18)30-25(34)32-13-14-33(23(15-32)17-6-7-17)24(29-16-27)31-22-5-1-4-21-20(22)3-2-12-28-21/h1-5,8-12,17,23H,6-7,13-15H2,(H,29,31)(H,30,34). The number of fused-ring (bicyclic) bond motifs is 1. The van der Waals surface area contributed by atoms with Crippen LogP contribution in [0.3, 0.4) is 0 Å². The second-order valence-electron chi connectivity index (χ2n) is 8.52. The van der Waals surface area contributed by atoms with Gasteiger partial charge in [0.05, 0.1) is 17.2 Å². The van der Waals surface area contributed by atoms with E-state index >= 15 is 0 Å². The van der Waals surface area contributed by atoms with E-state index in [1.807, 2.05) is 41.4 Å². The van der Waals surface area contributed by atoms with Crippen molar-refractivity contribution in [3.63, 3.8) is 0 Å². The predicted octanol–water partition coefficient (Wildman–Crippen LogP) is 4.77. The molecule has 1 atom stereocenters. The van der Waals surface area contributed by atoms with E-state index in [0.717, 1.165) is 29.4 Å². The number of carbonyl (C=O) groups excluding carboxylic acids is 1. The lowest BCUT2D eigenvalue weighted by Gasteiger charge is -2.43. The highest BCUT2D eigenvalue weighted by Gasteiger charge is 2.41. The number of nitriles is 1. The molecule has 1 aliphatic carbocycles. The molecule has 172 valence electrons. The molecule has 34 heavy (non-hydrogen) atoms. The number of aliphatic imine (C=N–C) groups is 1. The highest BCUT2D eigenvalue weighted by Crippen LogP contribution is 2.37. The second-order valence-corrected chi connectivity index (χ2v) is 8.95. The molecule has 0 bridgehead atoms. The monoisotopic (exact) mass is 473 g/mol. The average molecular weight is 474 g/mol. The molecule has 2 N–H and O–H groups in total. The van der Waals surface area contributed by atoms with Crippen LogP contribution >= 0.6 is 11.6 Å². The van der Waals surface area contributed by atoms with E-state index in [1.54, 1.807) is 30.5 Å². The Morgan fingerprint density at radius 2 is 1.91 bits per heavy atom. The summed E-state index contributed by atoms with van der Waals surface area (Å²) in [5, 5.41) is 17.3. The number of hydrogen-bond acceptors (Lipinski definition) is 4. The smallest absolute Gasteiger partial charge is 0.321 e. The zero-order valence-electron chi connectivity index (χ0n) is 18.5. The van der Waals surface area contributed by atoms with Gasteiger partial charge in [0.25, 0.3) is 0 Å². The van der Waals surface area contributed by atoms with Gasteiger partial charge < -0.3 is 20.4 Å². The number of pyridine rings is 1. The van der Waals surface area contributed by atoms with Crippen molar-refractivity contribution in [3.05, 3.63) is 65.8 Å². The molecule has 1 aliphatic heterocycles. The van der Waals surface area contributed by atoms with Gasteiger partial charge in [0.15, 0.2) is 0 Å². The molecule has 9 heteroatoms. The zero-order valence-corrected chi connectivity index (χ0v) is 19.2. The fourth-order valence-electron chi connectivity index (χ4n) is 4.42. The quantitative estimate of drug-likeness (QED) is 0.324. The van der Waals surface area contributed by atoms with E-state index in [0.29, 0.717) is 42.2 Å². The van der Waals surface area contributed by atoms with Crippen LogP contribution in [0.5, 0.6) is 0 Å². The Labute approximate surface area is 202 Å². The Kier molecular flexibility index (Phi) is 6.19. The van der Waals surface area contributed by atoms with Gasteiger partial charge in [-0.25, -0.2) is 4.79 Å². The topological polar surface area (TPSA) is 96.7 Å². The number of amides is 2. The number of carbonyl (C=O) groups is 1. The van der Waals surface area contributed by atoms with Crippen molar-refractivity contribution in [2.24, 2.45) is 10.9 Å². The molecular weight excluding hydrogens is 450 g/mol. The molecule has 2 amide bonds. The summed E-state index contributed by atoms with van der Waals surface area (Å²) in [6, 6.07) is 16.7. The predicted molar refractivity (Wildman–Crippen MR) is 134 cm³/mol. The van der Waals surface area contributed by atoms with E-state index in [4.69, 9.17) is 11.6 Å². The number of halogens is 1. The van der Waals surface area contributed by atoms with Crippen molar-refractivity contribution >= 4 is 45.9 Å². The highest BCUT2D eigenvalue weighted by molar-refractivity contribution is 6.30. The molecule has 0 spiro atoms. The Morgan fingerprint density at radius 1 is 1.09 bits per heavy atom. The molecular formula is C25H24ClN7O. The number of rotatable bonds is 3. The van der Waals surface area contributed by atoms with Gasteiger partial charge in [-0.1, -0.05) is 17.7 Å². The Morgan fingerprint density at radius 3 is 2.68 bits per heavy atom. The van der Waals surface area contributed by atoms with Gasteiger partial charge in [0.1, 0.15) is 0 Å². The van der Waals surface area contributed by atoms with Crippen LogP contribution in [0.1, 0.15) is 12.8 Å². The minimum atomic E-state index is -0.139. The zero-order chi connectivity index (χ0) is 23.5. The normalized spacial score (nSPS) is 18.5. The first-order valence-electron chi connectivity index (χ1n) is 11.3. The Balaban J connectivity index is 1.34. The summed E-state index contributed by atoms with van der Waals surface area (Å²) in [4.78, 5) is 25.5. The molecule has 5 rings (SSSR count). The van der Waals surface area contributed by atoms with Crippen LogP contribution < -0.4 is 10.6 Å². The van der Waals surface area contributed by atoms with Crippen LogP contribution in [0.25, 0.3) is 10.9 Å². The summed E-state index contributed by atoms with van der Waals surface area (Å²) in [6.07, 6.45) is 5.91. The Bertz CT molecular complexity index is 1260. The molecule has 0 radical (unpaired) electrons. The van der Waals surface area contributed by atoms with Gasteiger partial charge in [-0.3, -0.25) is 4.98 Å². The van der Waals surface area contributed by atoms with Crippen LogP contribution in [0.4, 0.5) is 16.2 Å². The maximum Gasteiger partial charge on any atom is 0.321 e. The maximum atomic E-state index is 12.9. The van der Waals surface area contributed by atoms with Crippen LogP contribution in [0.2, 0.25) is 5.02 Å². The number of nitrogens with one attached hydrogen (secondary N) is 2. The van der Waals surface area contributed by atoms with E-state index in [1.165, 1.54) is 0 Å². The van der Waals surface area contributed by atoms with Crippen molar-refractivity contribution in [2.75, 3.05) is 30.3 Å². The lowest BCUT2D eigenvalue weighted by molar-refractivity contribution is 0.133. The molecule has 1 unspecified atom stereocenters. The number of benzene rings is 2. The number of hydrogen-bond donors (Lipinski definition) is 2. The minimum Gasteiger partial charge on any atom is -0.335 e. The lowest BCUT2D eigenvalue weighted by Crippen LogP contribution is -2.59. The second kappa shape index (κ2) is 9.57. The molecule has 1 saturated carbocycles. The van der Waals surface area contributed by atoms with Crippen molar-refractivity contribution < 1.29 is 4.79 Å². The van der Waals surface area contributed by atoms with Gasteiger partial charge in [-0.2, -0.15) is 5.26 Å². The van der Waals surface area contributed by atoms with Gasteiger partial charge >= 0.3 is 6.03 Å². The summed E-state index contributed by atoms with van der Waals surface area (Å²) in [5.74, 6) is 0.972. The first kappa shape index (κ1) is 22.0. The van der Waals surface area contributed by atoms with E-state index in [-0.39, 0.29) is 12.1 Å². The number of guanidine groups is 1. The molecule has 2 fully saturated rings. The van der Waals surface area contributed by atoms with Crippen molar-refractivity contribution in [1.29, 1.82) is 5.26 Å². The average Bonchev–Trinajstić information content (AvgIpc) is 3.71. The molecule has 2 heterocycles. The number of nitrogens with zero attached hydrogens (tertiary/aromatic N) is 5. The fraction of sp³-hybridized carbons (Fsp3) is 0.280. The fourth-order valence-corrected chi connectivity index (χ4v) is 4.55. The summed E-state index contributed by atoms with van der Waals surface area (Å²) in [6.45, 7) is 1.66. The first-order valence-corrected chi connectivity index (χ1v) is 11.7. The number of aromatic nitrogens is 1. The summed E-state index contributed by atoms with van der Waals surface area (Å²) < 4.78 is 0. The third-order valence-electron chi connectivity index (χ3n) is 6.29. The van der Waals surface area contributed by atoms with E-state index in [9.17, 15) is 10.1 Å². The van der Waals surface area contributed by atoms with Crippen LogP contribution in [-0.2, 0) is 0 Å². The van der Waals surface area contributed by atoms with Crippen LogP contribution in [0.15, 0.2) is 65.8 Å². The third-order valence-corrected chi connectivity index (χ3v) is 6.54. The third kappa shape index (κ3) is 4.75. The summed E-state index contributed by atoms with van der Waals surface area (Å²) >= 11 is 5.95. The van der Waals surface area contributed by atoms with E-state index < -0.39 is 0 Å². The summed E-state index contributed by atoms with van der Waals surface area (Å²) in [7, 11) is 0. The van der Waals surface area contributed by atoms with Crippen molar-refractivity contribution in [2.45, 2.75) is 18.9 Å². The summed E-state index contributed by atoms with van der Waals surface area (Å²) in [5.41, 5.74) is 2.42. The van der Waals surface area contributed by atoms with Gasteiger partial charge in [-0.05, 0) is 67.3 Å². The molecule has 1 saturated heterocycles. The minimum absolute atomic E-state index is 0.0809. The van der Waals surface area contributed by atoms with Crippen LogP contribution in [-0.4, -0.2) is 52.5 Å². The van der Waals surface area contributed by atoms with Crippen molar-refractivity contribution in [1.82, 2.24) is 14.8 Å². The lowest BCUT2D eigenvalue weighted by atomic mass is 10.1. The first-order chi connectivity index (χ1) is 16.6. The van der Waals surface area contributed by atoms with Gasteiger partial charge in [0, 0.05) is 41.9 Å². The largest absolute Gasteiger partial charge is 0.335 e. The molecule has 8 nitrogen and oxygen atoms in total. The number of piperazine rings is 1. The molecule has 3 aromatic rings. The number of urea groups is 1. The molecule has 2 aliphatic rings. The van der Waals surface area contributed by atoms with Gasteiger partial charge in [-0.15, -0.1) is 4.99 Å². The van der Waals surface area contributed by atoms with Gasteiger partial charge in [0.2, 0.25) is 12.2 Å². The maximum absolute atomic E-state index is 12.9. The number of anilines is 2.